The van der Waals surface area contributed by atoms with Crippen LogP contribution >= 0.6 is 22.6 Å². The van der Waals surface area contributed by atoms with Crippen LogP contribution in [0.25, 0.3) is 0 Å². The van der Waals surface area contributed by atoms with Crippen molar-refractivity contribution in [1.29, 1.82) is 0 Å². The first kappa shape index (κ1) is 17.1. The zero-order chi connectivity index (χ0) is 15.9. The molecule has 1 heterocycles. The number of amides is 1. The smallest absolute Gasteiger partial charge is 0.310 e. The predicted molar refractivity (Wildman–Crippen MR) is 90.6 cm³/mol. The molecule has 0 spiro atoms. The van der Waals surface area contributed by atoms with Crippen LogP contribution in [0.2, 0.25) is 0 Å². The SMILES string of the molecule is CCOC(=O)C1CCCN(C(=O)COc2cccc(I)c2)C1. The van der Waals surface area contributed by atoms with Crippen LogP contribution in [-0.4, -0.2) is 43.1 Å². The number of likely N-dealkylation sites (tertiary alicyclic amines) is 1. The summed E-state index contributed by atoms with van der Waals surface area (Å²) in [7, 11) is 0. The van der Waals surface area contributed by atoms with Crippen molar-refractivity contribution in [3.63, 3.8) is 0 Å². The summed E-state index contributed by atoms with van der Waals surface area (Å²) in [5.41, 5.74) is 0. The highest BCUT2D eigenvalue weighted by atomic mass is 127. The molecule has 1 aromatic carbocycles. The number of hydrogen-bond acceptors (Lipinski definition) is 4. The summed E-state index contributed by atoms with van der Waals surface area (Å²) in [6.45, 7) is 3.26. The summed E-state index contributed by atoms with van der Waals surface area (Å²) in [4.78, 5) is 25.7. The number of halogens is 1. The second-order valence-corrected chi connectivity index (χ2v) is 6.42. The van der Waals surface area contributed by atoms with E-state index in [0.717, 1.165) is 16.4 Å². The molecule has 1 amide bonds. The second kappa shape index (κ2) is 8.36. The van der Waals surface area contributed by atoms with Gasteiger partial charge in [0, 0.05) is 16.7 Å². The summed E-state index contributed by atoms with van der Waals surface area (Å²) in [5.74, 6) is 0.168. The Bertz CT molecular complexity index is 535. The molecule has 1 saturated heterocycles. The van der Waals surface area contributed by atoms with Crippen LogP contribution in [0.15, 0.2) is 24.3 Å². The number of carbonyl (C=O) groups excluding carboxylic acids is 2. The first-order valence-electron chi connectivity index (χ1n) is 7.43. The maximum absolute atomic E-state index is 12.2. The number of piperidine rings is 1. The molecule has 1 aliphatic heterocycles. The van der Waals surface area contributed by atoms with E-state index in [4.69, 9.17) is 9.47 Å². The highest BCUT2D eigenvalue weighted by Crippen LogP contribution is 2.19. The topological polar surface area (TPSA) is 55.8 Å². The molecule has 1 atom stereocenters. The molecule has 1 fully saturated rings. The summed E-state index contributed by atoms with van der Waals surface area (Å²) in [5, 5.41) is 0. The molecule has 120 valence electrons. The fourth-order valence-electron chi connectivity index (χ4n) is 2.45. The Hall–Kier alpha value is -1.31. The molecule has 0 N–H and O–H groups in total. The third kappa shape index (κ3) is 4.86. The van der Waals surface area contributed by atoms with Crippen LogP contribution in [0.5, 0.6) is 5.75 Å². The van der Waals surface area contributed by atoms with E-state index >= 15 is 0 Å². The Morgan fingerprint density at radius 1 is 1.41 bits per heavy atom. The van der Waals surface area contributed by atoms with Crippen molar-refractivity contribution in [3.8, 4) is 5.75 Å². The first-order chi connectivity index (χ1) is 10.6. The van der Waals surface area contributed by atoms with Crippen LogP contribution in [0.3, 0.4) is 0 Å². The quantitative estimate of drug-likeness (QED) is 0.546. The van der Waals surface area contributed by atoms with E-state index in [2.05, 4.69) is 22.6 Å². The second-order valence-electron chi connectivity index (χ2n) is 5.18. The fourth-order valence-corrected chi connectivity index (χ4v) is 2.96. The average molecular weight is 417 g/mol. The van der Waals surface area contributed by atoms with Gasteiger partial charge in [0.1, 0.15) is 5.75 Å². The van der Waals surface area contributed by atoms with E-state index in [1.165, 1.54) is 0 Å². The number of hydrogen-bond donors (Lipinski definition) is 0. The molecule has 22 heavy (non-hydrogen) atoms. The zero-order valence-electron chi connectivity index (χ0n) is 12.6. The minimum Gasteiger partial charge on any atom is -0.484 e. The van der Waals surface area contributed by atoms with Gasteiger partial charge in [-0.1, -0.05) is 6.07 Å². The zero-order valence-corrected chi connectivity index (χ0v) is 14.7. The van der Waals surface area contributed by atoms with Gasteiger partial charge < -0.3 is 14.4 Å². The minimum absolute atomic E-state index is 0.00433. The minimum atomic E-state index is -0.213. The van der Waals surface area contributed by atoms with Crippen molar-refractivity contribution < 1.29 is 19.1 Å². The van der Waals surface area contributed by atoms with E-state index < -0.39 is 0 Å². The lowest BCUT2D eigenvalue weighted by Gasteiger charge is -2.31. The molecular formula is C16H20INO4. The van der Waals surface area contributed by atoms with Crippen LogP contribution in [0.4, 0.5) is 0 Å². The van der Waals surface area contributed by atoms with Gasteiger partial charge in [-0.05, 0) is 60.6 Å². The molecule has 1 aliphatic rings. The van der Waals surface area contributed by atoms with Gasteiger partial charge in [-0.15, -0.1) is 0 Å². The third-order valence-corrected chi connectivity index (χ3v) is 4.22. The number of ether oxygens (including phenoxy) is 2. The van der Waals surface area contributed by atoms with Crippen molar-refractivity contribution in [1.82, 2.24) is 4.90 Å². The van der Waals surface area contributed by atoms with E-state index in [-0.39, 0.29) is 24.4 Å². The van der Waals surface area contributed by atoms with Crippen molar-refractivity contribution >= 4 is 34.5 Å². The average Bonchev–Trinajstić information content (AvgIpc) is 2.53. The van der Waals surface area contributed by atoms with Gasteiger partial charge >= 0.3 is 5.97 Å². The van der Waals surface area contributed by atoms with Crippen LogP contribution < -0.4 is 4.74 Å². The molecule has 0 bridgehead atoms. The molecule has 5 nitrogen and oxygen atoms in total. The Kier molecular flexibility index (Phi) is 6.48. The van der Waals surface area contributed by atoms with Crippen LogP contribution in [-0.2, 0) is 14.3 Å². The van der Waals surface area contributed by atoms with Crippen molar-refractivity contribution in [2.45, 2.75) is 19.8 Å². The molecule has 1 unspecified atom stereocenters. The van der Waals surface area contributed by atoms with Gasteiger partial charge in [0.05, 0.1) is 12.5 Å². The maximum Gasteiger partial charge on any atom is 0.310 e. The summed E-state index contributed by atoms with van der Waals surface area (Å²) >= 11 is 2.20. The molecule has 1 aromatic rings. The predicted octanol–water partition coefficient (Wildman–Crippen LogP) is 2.47. The van der Waals surface area contributed by atoms with Crippen molar-refractivity contribution in [2.24, 2.45) is 5.92 Å². The lowest BCUT2D eigenvalue weighted by molar-refractivity contribution is -0.151. The Labute approximate surface area is 144 Å². The van der Waals surface area contributed by atoms with E-state index in [0.29, 0.717) is 25.4 Å². The molecule has 0 aliphatic carbocycles. The number of esters is 1. The molecule has 6 heteroatoms. The number of carbonyl (C=O) groups is 2. The third-order valence-electron chi connectivity index (χ3n) is 3.55. The molecular weight excluding hydrogens is 397 g/mol. The lowest BCUT2D eigenvalue weighted by atomic mass is 9.98. The van der Waals surface area contributed by atoms with E-state index in [9.17, 15) is 9.59 Å². The summed E-state index contributed by atoms with van der Waals surface area (Å²) in [6, 6.07) is 7.56. The van der Waals surface area contributed by atoms with Crippen molar-refractivity contribution in [2.75, 3.05) is 26.3 Å². The normalized spacial score (nSPS) is 17.9. The van der Waals surface area contributed by atoms with Gasteiger partial charge in [-0.25, -0.2) is 0 Å². The standard InChI is InChI=1S/C16H20INO4/c1-2-21-16(20)12-5-4-8-18(10-12)15(19)11-22-14-7-3-6-13(17)9-14/h3,6-7,9,12H,2,4-5,8,10-11H2,1H3. The Morgan fingerprint density at radius 3 is 2.95 bits per heavy atom. The Morgan fingerprint density at radius 2 is 2.23 bits per heavy atom. The number of rotatable bonds is 5. The number of benzene rings is 1. The summed E-state index contributed by atoms with van der Waals surface area (Å²) in [6.07, 6.45) is 1.60. The van der Waals surface area contributed by atoms with Crippen LogP contribution in [0, 0.1) is 9.49 Å². The number of nitrogens with zero attached hydrogens (tertiary/aromatic N) is 1. The highest BCUT2D eigenvalue weighted by molar-refractivity contribution is 14.1. The molecule has 0 aromatic heterocycles. The van der Waals surface area contributed by atoms with E-state index in [1.54, 1.807) is 11.8 Å². The maximum atomic E-state index is 12.2. The molecule has 2 rings (SSSR count). The van der Waals surface area contributed by atoms with Gasteiger partial charge in [-0.2, -0.15) is 0 Å². The lowest BCUT2D eigenvalue weighted by Crippen LogP contribution is -2.44. The first-order valence-corrected chi connectivity index (χ1v) is 8.50. The molecule has 0 saturated carbocycles. The van der Waals surface area contributed by atoms with Crippen LogP contribution in [0.1, 0.15) is 19.8 Å². The highest BCUT2D eigenvalue weighted by Gasteiger charge is 2.29. The van der Waals surface area contributed by atoms with Gasteiger partial charge in [0.25, 0.3) is 5.91 Å². The Balaban J connectivity index is 1.85. The van der Waals surface area contributed by atoms with Gasteiger partial charge in [0.2, 0.25) is 0 Å². The molecule has 0 radical (unpaired) electrons. The van der Waals surface area contributed by atoms with Gasteiger partial charge in [0.15, 0.2) is 6.61 Å². The largest absolute Gasteiger partial charge is 0.484 e. The summed E-state index contributed by atoms with van der Waals surface area (Å²) < 4.78 is 11.6. The fraction of sp³-hybridized carbons (Fsp3) is 0.500. The monoisotopic (exact) mass is 417 g/mol. The van der Waals surface area contributed by atoms with Gasteiger partial charge in [-0.3, -0.25) is 9.59 Å². The van der Waals surface area contributed by atoms with Crippen molar-refractivity contribution in [3.05, 3.63) is 27.8 Å². The van der Waals surface area contributed by atoms with E-state index in [1.807, 2.05) is 24.3 Å².